The molecule has 8 heteroatoms. The Bertz CT molecular complexity index is 2350. The maximum absolute atomic E-state index is 5.94. The van der Waals surface area contributed by atoms with Gasteiger partial charge in [0.25, 0.3) is 0 Å². The highest BCUT2D eigenvalue weighted by Crippen LogP contribution is 2.22. The Morgan fingerprint density at radius 2 is 1.07 bits per heavy atom. The van der Waals surface area contributed by atoms with Crippen LogP contribution in [-0.2, 0) is 26.3 Å². The van der Waals surface area contributed by atoms with Gasteiger partial charge in [0, 0.05) is 47.3 Å². The quantitative estimate of drug-likeness (QED) is 0.126. The van der Waals surface area contributed by atoms with Crippen molar-refractivity contribution in [3.63, 3.8) is 0 Å². The Balaban J connectivity index is 0.000000167. The number of aromatic nitrogens is 6. The van der Waals surface area contributed by atoms with Gasteiger partial charge in [0.05, 0.1) is 24.5 Å². The highest BCUT2D eigenvalue weighted by molar-refractivity contribution is 5.58. The molecule has 0 fully saturated rings. The Kier molecular flexibility index (Phi) is 11.6. The van der Waals surface area contributed by atoms with Gasteiger partial charge in [0.1, 0.15) is 24.7 Å². The number of pyridine rings is 2. The number of aryl methyl sites for hydroxylation is 2. The topological polar surface area (TPSA) is 79.9 Å². The second-order valence-electron chi connectivity index (χ2n) is 13.0. The van der Waals surface area contributed by atoms with E-state index in [-0.39, 0.29) is 0 Å². The molecule has 0 spiro atoms. The second kappa shape index (κ2) is 17.6. The van der Waals surface area contributed by atoms with E-state index in [0.717, 1.165) is 67.7 Å². The molecule has 8 aromatic rings. The average Bonchev–Trinajstić information content (AvgIpc) is 3.88. The first-order valence-corrected chi connectivity index (χ1v) is 18.0. The fraction of sp³-hybridized carbons (Fsp3) is 0.130. The molecular weight excluding hydrogens is 669 g/mol. The van der Waals surface area contributed by atoms with Gasteiger partial charge in [-0.2, -0.15) is 10.2 Å². The normalized spacial score (nSPS) is 10.7. The summed E-state index contributed by atoms with van der Waals surface area (Å²) >= 11 is 0. The monoisotopic (exact) mass is 710 g/mol. The molecular formula is C46H42N6O2. The molecule has 54 heavy (non-hydrogen) atoms. The molecule has 0 aliphatic carbocycles. The lowest BCUT2D eigenvalue weighted by Crippen LogP contribution is -2.04. The lowest BCUT2D eigenvalue weighted by molar-refractivity contribution is 0.305. The van der Waals surface area contributed by atoms with E-state index < -0.39 is 0 Å². The van der Waals surface area contributed by atoms with E-state index in [0.29, 0.717) is 26.3 Å². The molecule has 4 heterocycles. The molecule has 0 N–H and O–H groups in total. The predicted octanol–water partition coefficient (Wildman–Crippen LogP) is 9.76. The largest absolute Gasteiger partial charge is 0.489 e. The van der Waals surface area contributed by atoms with Crippen LogP contribution in [0.25, 0.3) is 22.5 Å². The Labute approximate surface area is 316 Å². The average molecular weight is 711 g/mol. The number of benzene rings is 4. The zero-order chi connectivity index (χ0) is 37.0. The number of hydrogen-bond donors (Lipinski definition) is 0. The van der Waals surface area contributed by atoms with E-state index >= 15 is 0 Å². The molecule has 0 aliphatic rings. The molecule has 0 radical (unpaired) electrons. The van der Waals surface area contributed by atoms with Gasteiger partial charge in [0.15, 0.2) is 0 Å². The summed E-state index contributed by atoms with van der Waals surface area (Å²) in [5.74, 6) is 1.73. The van der Waals surface area contributed by atoms with Crippen molar-refractivity contribution in [3.05, 3.63) is 204 Å². The third kappa shape index (κ3) is 9.95. The molecule has 0 saturated carbocycles. The summed E-state index contributed by atoms with van der Waals surface area (Å²) < 4.78 is 15.8. The van der Waals surface area contributed by atoms with Gasteiger partial charge in [-0.05, 0) is 96.8 Å². The van der Waals surface area contributed by atoms with Crippen LogP contribution in [0, 0.1) is 13.8 Å². The standard InChI is InChI=1S/2C23H21N3O/c1-18-10-11-21(15-24-18)23-12-13-26(25-23)16-20-8-5-9-22(14-20)27-17-19-6-3-2-4-7-19;1-18-10-11-21(15-24-18)23-12-13-25-26(23)16-20-8-5-9-22(14-20)27-17-19-6-3-2-4-7-19/h2*2-15H,16-17H2,1H3. The van der Waals surface area contributed by atoms with Crippen molar-refractivity contribution in [2.24, 2.45) is 0 Å². The van der Waals surface area contributed by atoms with Crippen molar-refractivity contribution in [2.75, 3.05) is 0 Å². The molecule has 0 aliphatic heterocycles. The fourth-order valence-electron chi connectivity index (χ4n) is 5.86. The summed E-state index contributed by atoms with van der Waals surface area (Å²) in [6.07, 6.45) is 7.57. The van der Waals surface area contributed by atoms with E-state index in [1.165, 1.54) is 0 Å². The van der Waals surface area contributed by atoms with E-state index in [1.807, 2.05) is 139 Å². The van der Waals surface area contributed by atoms with Crippen LogP contribution in [0.2, 0.25) is 0 Å². The van der Waals surface area contributed by atoms with Gasteiger partial charge in [-0.3, -0.25) is 19.3 Å². The molecule has 0 amide bonds. The third-order valence-electron chi connectivity index (χ3n) is 8.74. The van der Waals surface area contributed by atoms with Crippen molar-refractivity contribution in [2.45, 2.75) is 40.2 Å². The van der Waals surface area contributed by atoms with Crippen LogP contribution in [0.15, 0.2) is 170 Å². The van der Waals surface area contributed by atoms with Crippen LogP contribution in [0.1, 0.15) is 33.6 Å². The van der Waals surface area contributed by atoms with Crippen molar-refractivity contribution >= 4 is 0 Å². The van der Waals surface area contributed by atoms with Crippen LogP contribution in [0.5, 0.6) is 11.5 Å². The van der Waals surface area contributed by atoms with E-state index in [1.54, 1.807) is 0 Å². The lowest BCUT2D eigenvalue weighted by atomic mass is 10.1. The highest BCUT2D eigenvalue weighted by atomic mass is 16.5. The number of hydrogen-bond acceptors (Lipinski definition) is 6. The van der Waals surface area contributed by atoms with Gasteiger partial charge < -0.3 is 9.47 Å². The molecule has 0 bridgehead atoms. The Morgan fingerprint density at radius 1 is 0.519 bits per heavy atom. The molecule has 0 atom stereocenters. The van der Waals surface area contributed by atoms with Crippen molar-refractivity contribution in [1.82, 2.24) is 29.5 Å². The van der Waals surface area contributed by atoms with Crippen LogP contribution >= 0.6 is 0 Å². The minimum absolute atomic E-state index is 0.562. The smallest absolute Gasteiger partial charge is 0.120 e. The van der Waals surface area contributed by atoms with Gasteiger partial charge >= 0.3 is 0 Å². The number of nitrogens with zero attached hydrogens (tertiary/aromatic N) is 6. The van der Waals surface area contributed by atoms with Gasteiger partial charge in [0.2, 0.25) is 0 Å². The number of rotatable bonds is 12. The molecule has 4 aromatic carbocycles. The molecule has 268 valence electrons. The minimum atomic E-state index is 0.562. The minimum Gasteiger partial charge on any atom is -0.489 e. The highest BCUT2D eigenvalue weighted by Gasteiger charge is 2.08. The summed E-state index contributed by atoms with van der Waals surface area (Å²) in [5, 5.41) is 9.15. The third-order valence-corrected chi connectivity index (χ3v) is 8.74. The molecule has 8 nitrogen and oxygen atoms in total. The number of ether oxygens (including phenoxy) is 2. The summed E-state index contributed by atoms with van der Waals surface area (Å²) in [4.78, 5) is 8.73. The maximum Gasteiger partial charge on any atom is 0.120 e. The van der Waals surface area contributed by atoms with Crippen LogP contribution in [0.3, 0.4) is 0 Å². The maximum atomic E-state index is 5.94. The van der Waals surface area contributed by atoms with Gasteiger partial charge in [-0.25, -0.2) is 0 Å². The van der Waals surface area contributed by atoms with Crippen LogP contribution in [0.4, 0.5) is 0 Å². The Morgan fingerprint density at radius 3 is 1.65 bits per heavy atom. The fourth-order valence-corrected chi connectivity index (χ4v) is 5.86. The predicted molar refractivity (Wildman–Crippen MR) is 213 cm³/mol. The van der Waals surface area contributed by atoms with Crippen LogP contribution < -0.4 is 9.47 Å². The Hall–Kier alpha value is -6.80. The van der Waals surface area contributed by atoms with Gasteiger partial charge in [-0.15, -0.1) is 0 Å². The van der Waals surface area contributed by atoms with Crippen molar-refractivity contribution < 1.29 is 9.47 Å². The zero-order valence-corrected chi connectivity index (χ0v) is 30.5. The summed E-state index contributed by atoms with van der Waals surface area (Å²) in [6, 6.07) is 48.9. The summed E-state index contributed by atoms with van der Waals surface area (Å²) in [7, 11) is 0. The first-order valence-electron chi connectivity index (χ1n) is 18.0. The van der Waals surface area contributed by atoms with E-state index in [4.69, 9.17) is 9.47 Å². The zero-order valence-electron chi connectivity index (χ0n) is 30.5. The first-order chi connectivity index (χ1) is 26.5. The van der Waals surface area contributed by atoms with Crippen LogP contribution in [-0.4, -0.2) is 29.5 Å². The first kappa shape index (κ1) is 35.6. The molecule has 0 saturated heterocycles. The summed E-state index contributed by atoms with van der Waals surface area (Å²) in [6.45, 7) is 6.47. The lowest BCUT2D eigenvalue weighted by Gasteiger charge is -2.10. The van der Waals surface area contributed by atoms with E-state index in [2.05, 4.69) is 74.8 Å². The molecule has 0 unspecified atom stereocenters. The summed E-state index contributed by atoms with van der Waals surface area (Å²) in [5.41, 5.74) is 10.7. The van der Waals surface area contributed by atoms with Gasteiger partial charge in [-0.1, -0.05) is 84.9 Å². The second-order valence-corrected chi connectivity index (χ2v) is 13.0. The SMILES string of the molecule is Cc1ccc(-c2ccn(Cc3cccc(OCc4ccccc4)c3)n2)cn1.Cc1ccc(-c2ccnn2Cc2cccc(OCc3ccccc3)c2)cn1. The molecule has 8 rings (SSSR count). The van der Waals surface area contributed by atoms with Crippen molar-refractivity contribution in [1.29, 1.82) is 0 Å². The molecule has 4 aromatic heterocycles. The van der Waals surface area contributed by atoms with Crippen molar-refractivity contribution in [3.8, 4) is 34.0 Å². The van der Waals surface area contributed by atoms with E-state index in [9.17, 15) is 0 Å².